The summed E-state index contributed by atoms with van der Waals surface area (Å²) in [5.41, 5.74) is 2.43. The van der Waals surface area contributed by atoms with Crippen molar-refractivity contribution in [2.24, 2.45) is 0 Å². The number of amides is 2. The number of urea groups is 1. The lowest BCUT2D eigenvalue weighted by Crippen LogP contribution is -2.28. The van der Waals surface area contributed by atoms with Gasteiger partial charge in [0.05, 0.1) is 19.3 Å². The van der Waals surface area contributed by atoms with Crippen LogP contribution >= 0.6 is 0 Å². The number of methoxy groups -OCH3 is 1. The van der Waals surface area contributed by atoms with E-state index in [1.165, 1.54) is 0 Å². The van der Waals surface area contributed by atoms with Crippen LogP contribution in [0.15, 0.2) is 42.5 Å². The van der Waals surface area contributed by atoms with E-state index < -0.39 is 0 Å². The Balaban J connectivity index is 1.89. The lowest BCUT2D eigenvalue weighted by Gasteiger charge is -2.08. The molecule has 0 aliphatic heterocycles. The van der Waals surface area contributed by atoms with E-state index in [1.807, 2.05) is 37.3 Å². The number of benzene rings is 1. The number of rotatable bonds is 4. The van der Waals surface area contributed by atoms with Crippen molar-refractivity contribution in [3.8, 4) is 5.75 Å². The minimum Gasteiger partial charge on any atom is -0.497 e. The number of aryl methyl sites for hydroxylation is 1. The average molecular weight is 271 g/mol. The number of ether oxygens (including phenoxy) is 1. The molecule has 0 atom stereocenters. The molecule has 0 aliphatic carbocycles. The van der Waals surface area contributed by atoms with Crippen LogP contribution in [0.1, 0.15) is 11.4 Å². The fraction of sp³-hybridized carbons (Fsp3) is 0.200. The minimum absolute atomic E-state index is 0.276. The Labute approximate surface area is 118 Å². The molecule has 2 aromatic rings. The van der Waals surface area contributed by atoms with Crippen LogP contribution in [0.25, 0.3) is 0 Å². The third-order valence-electron chi connectivity index (χ3n) is 2.70. The Morgan fingerprint density at radius 3 is 2.80 bits per heavy atom. The third-order valence-corrected chi connectivity index (χ3v) is 2.70. The van der Waals surface area contributed by atoms with Crippen LogP contribution in [0.3, 0.4) is 0 Å². The smallest absolute Gasteiger partial charge is 0.319 e. The van der Waals surface area contributed by atoms with E-state index >= 15 is 0 Å². The second-order valence-corrected chi connectivity index (χ2v) is 4.31. The average Bonchev–Trinajstić information content (AvgIpc) is 2.45. The van der Waals surface area contributed by atoms with E-state index in [-0.39, 0.29) is 6.03 Å². The van der Waals surface area contributed by atoms with Crippen molar-refractivity contribution in [2.75, 3.05) is 12.4 Å². The second-order valence-electron chi connectivity index (χ2n) is 4.31. The molecule has 104 valence electrons. The van der Waals surface area contributed by atoms with Crippen molar-refractivity contribution in [3.05, 3.63) is 53.9 Å². The normalized spacial score (nSPS) is 9.90. The predicted molar refractivity (Wildman–Crippen MR) is 77.8 cm³/mol. The highest BCUT2D eigenvalue weighted by atomic mass is 16.5. The zero-order valence-electron chi connectivity index (χ0n) is 11.5. The monoisotopic (exact) mass is 271 g/mol. The highest BCUT2D eigenvalue weighted by Crippen LogP contribution is 2.16. The molecule has 20 heavy (non-hydrogen) atoms. The Morgan fingerprint density at radius 2 is 2.05 bits per heavy atom. The largest absolute Gasteiger partial charge is 0.497 e. The Kier molecular flexibility index (Phi) is 4.55. The Hall–Kier alpha value is -2.56. The number of carbonyl (C=O) groups excluding carboxylic acids is 1. The van der Waals surface area contributed by atoms with Gasteiger partial charge in [0.1, 0.15) is 5.75 Å². The number of pyridine rings is 1. The van der Waals surface area contributed by atoms with Crippen molar-refractivity contribution < 1.29 is 9.53 Å². The quantitative estimate of drug-likeness (QED) is 0.898. The maximum Gasteiger partial charge on any atom is 0.319 e. The molecule has 0 bridgehead atoms. The molecule has 1 aromatic carbocycles. The summed E-state index contributed by atoms with van der Waals surface area (Å²) in [6.45, 7) is 2.30. The molecule has 1 heterocycles. The maximum atomic E-state index is 11.8. The van der Waals surface area contributed by atoms with Gasteiger partial charge in [-0.3, -0.25) is 4.98 Å². The Morgan fingerprint density at radius 1 is 1.25 bits per heavy atom. The molecule has 5 nitrogen and oxygen atoms in total. The van der Waals surface area contributed by atoms with Crippen LogP contribution in [0.4, 0.5) is 10.5 Å². The zero-order valence-corrected chi connectivity index (χ0v) is 11.5. The van der Waals surface area contributed by atoms with Crippen molar-refractivity contribution in [3.63, 3.8) is 0 Å². The number of nitrogens with zero attached hydrogens (tertiary/aromatic N) is 1. The van der Waals surface area contributed by atoms with E-state index in [2.05, 4.69) is 15.6 Å². The molecule has 0 saturated heterocycles. The van der Waals surface area contributed by atoms with Gasteiger partial charge in [0.15, 0.2) is 0 Å². The highest BCUT2D eigenvalue weighted by Gasteiger charge is 2.03. The van der Waals surface area contributed by atoms with Gasteiger partial charge in [-0.1, -0.05) is 12.1 Å². The zero-order chi connectivity index (χ0) is 14.4. The van der Waals surface area contributed by atoms with Gasteiger partial charge in [0.2, 0.25) is 0 Å². The molecule has 2 rings (SSSR count). The first-order valence-corrected chi connectivity index (χ1v) is 6.29. The highest BCUT2D eigenvalue weighted by molar-refractivity contribution is 5.89. The van der Waals surface area contributed by atoms with Crippen molar-refractivity contribution in [2.45, 2.75) is 13.5 Å². The first-order valence-electron chi connectivity index (χ1n) is 6.29. The fourth-order valence-corrected chi connectivity index (χ4v) is 1.74. The van der Waals surface area contributed by atoms with E-state index in [4.69, 9.17) is 4.74 Å². The van der Waals surface area contributed by atoms with Crippen LogP contribution in [-0.2, 0) is 6.54 Å². The van der Waals surface area contributed by atoms with Gasteiger partial charge in [-0.25, -0.2) is 4.79 Å². The number of anilines is 1. The topological polar surface area (TPSA) is 63.2 Å². The van der Waals surface area contributed by atoms with Gasteiger partial charge in [-0.05, 0) is 31.2 Å². The molecule has 0 saturated carbocycles. The summed E-state index contributed by atoms with van der Waals surface area (Å²) in [7, 11) is 1.59. The van der Waals surface area contributed by atoms with E-state index in [0.717, 1.165) is 11.4 Å². The van der Waals surface area contributed by atoms with E-state index in [1.54, 1.807) is 19.2 Å². The summed E-state index contributed by atoms with van der Waals surface area (Å²) >= 11 is 0. The number of hydrogen-bond acceptors (Lipinski definition) is 3. The SMILES string of the molecule is COc1cccc(NC(=O)NCc2cccc(C)n2)c1. The summed E-state index contributed by atoms with van der Waals surface area (Å²) in [5.74, 6) is 0.697. The number of nitrogens with one attached hydrogen (secondary N) is 2. The molecule has 0 fully saturated rings. The molecule has 0 spiro atoms. The standard InChI is InChI=1S/C15H17N3O2/c1-11-5-3-7-13(17-11)10-16-15(19)18-12-6-4-8-14(9-12)20-2/h3-9H,10H2,1-2H3,(H2,16,18,19). The second kappa shape index (κ2) is 6.56. The van der Waals surface area contributed by atoms with Gasteiger partial charge >= 0.3 is 6.03 Å². The number of aromatic nitrogens is 1. The van der Waals surface area contributed by atoms with Crippen LogP contribution in [0, 0.1) is 6.92 Å². The van der Waals surface area contributed by atoms with Crippen LogP contribution in [-0.4, -0.2) is 18.1 Å². The summed E-state index contributed by atoms with van der Waals surface area (Å²) < 4.78 is 5.10. The molecule has 2 N–H and O–H groups in total. The van der Waals surface area contributed by atoms with Gasteiger partial charge in [-0.2, -0.15) is 0 Å². The van der Waals surface area contributed by atoms with E-state index in [9.17, 15) is 4.79 Å². The fourth-order valence-electron chi connectivity index (χ4n) is 1.74. The Bertz CT molecular complexity index is 599. The summed E-state index contributed by atoms with van der Waals surface area (Å²) in [4.78, 5) is 16.1. The third kappa shape index (κ3) is 3.98. The minimum atomic E-state index is -0.276. The molecule has 2 amide bonds. The molecule has 0 radical (unpaired) electrons. The van der Waals surface area contributed by atoms with E-state index in [0.29, 0.717) is 18.0 Å². The van der Waals surface area contributed by atoms with Crippen molar-refractivity contribution in [1.82, 2.24) is 10.3 Å². The van der Waals surface area contributed by atoms with Gasteiger partial charge < -0.3 is 15.4 Å². The molecule has 1 aromatic heterocycles. The van der Waals surface area contributed by atoms with Crippen LogP contribution < -0.4 is 15.4 Å². The lowest BCUT2D eigenvalue weighted by molar-refractivity contribution is 0.251. The van der Waals surface area contributed by atoms with Crippen LogP contribution in [0.2, 0.25) is 0 Å². The predicted octanol–water partition coefficient (Wildman–Crippen LogP) is 2.72. The van der Waals surface area contributed by atoms with Crippen molar-refractivity contribution in [1.29, 1.82) is 0 Å². The van der Waals surface area contributed by atoms with Gasteiger partial charge in [0, 0.05) is 17.4 Å². The van der Waals surface area contributed by atoms with Crippen molar-refractivity contribution >= 4 is 11.7 Å². The van der Waals surface area contributed by atoms with Gasteiger partial charge in [0.25, 0.3) is 0 Å². The first-order chi connectivity index (χ1) is 9.67. The van der Waals surface area contributed by atoms with Gasteiger partial charge in [-0.15, -0.1) is 0 Å². The number of carbonyl (C=O) groups is 1. The lowest BCUT2D eigenvalue weighted by atomic mass is 10.3. The van der Waals surface area contributed by atoms with Crippen LogP contribution in [0.5, 0.6) is 5.75 Å². The molecule has 5 heteroatoms. The molecular formula is C15H17N3O2. The number of hydrogen-bond donors (Lipinski definition) is 2. The summed E-state index contributed by atoms with van der Waals surface area (Å²) in [5, 5.41) is 5.50. The maximum absolute atomic E-state index is 11.8. The first kappa shape index (κ1) is 13.9. The molecular weight excluding hydrogens is 254 g/mol. The molecule has 0 unspecified atom stereocenters. The summed E-state index contributed by atoms with van der Waals surface area (Å²) in [6, 6.07) is 12.6. The molecule has 0 aliphatic rings. The summed E-state index contributed by atoms with van der Waals surface area (Å²) in [6.07, 6.45) is 0.